The molecule has 0 aromatic rings. The summed E-state index contributed by atoms with van der Waals surface area (Å²) in [5, 5.41) is 0. The predicted molar refractivity (Wildman–Crippen MR) is 80.5 cm³/mol. The van der Waals surface area contributed by atoms with E-state index in [9.17, 15) is 0 Å². The van der Waals surface area contributed by atoms with Crippen LogP contribution in [-0.2, 0) is 4.74 Å². The largest absolute Gasteiger partial charge is 0.373 e. The molecule has 3 nitrogen and oxygen atoms in total. The van der Waals surface area contributed by atoms with Crippen LogP contribution >= 0.6 is 0 Å². The number of ether oxygens (including phenoxy) is 1. The van der Waals surface area contributed by atoms with Gasteiger partial charge in [0.15, 0.2) is 0 Å². The molecule has 112 valence electrons. The van der Waals surface area contributed by atoms with Crippen molar-refractivity contribution in [3.05, 3.63) is 0 Å². The minimum Gasteiger partial charge on any atom is -0.373 e. The number of rotatable bonds is 4. The Morgan fingerprint density at radius 3 is 2.21 bits per heavy atom. The predicted octanol–water partition coefficient (Wildman–Crippen LogP) is 2.75. The Labute approximate surface area is 119 Å². The topological polar surface area (TPSA) is 15.7 Å². The van der Waals surface area contributed by atoms with Crippen LogP contribution in [-0.4, -0.2) is 61.3 Å². The van der Waals surface area contributed by atoms with Crippen molar-refractivity contribution < 1.29 is 4.74 Å². The first-order chi connectivity index (χ1) is 9.08. The van der Waals surface area contributed by atoms with Gasteiger partial charge in [-0.1, -0.05) is 12.8 Å². The molecule has 0 N–H and O–H groups in total. The Bertz CT molecular complexity index is 259. The fraction of sp³-hybridized carbons (Fsp3) is 1.00. The third-order valence-corrected chi connectivity index (χ3v) is 4.91. The maximum absolute atomic E-state index is 6.47. The van der Waals surface area contributed by atoms with Crippen LogP contribution < -0.4 is 0 Å². The molecule has 3 heteroatoms. The summed E-state index contributed by atoms with van der Waals surface area (Å²) in [5.41, 5.74) is 0. The monoisotopic (exact) mass is 268 g/mol. The van der Waals surface area contributed by atoms with Crippen LogP contribution in [0.15, 0.2) is 0 Å². The third-order valence-electron chi connectivity index (χ3n) is 4.91. The maximum Gasteiger partial charge on any atom is 0.0733 e. The fourth-order valence-corrected chi connectivity index (χ4v) is 3.60. The summed E-state index contributed by atoms with van der Waals surface area (Å²) in [4.78, 5) is 4.94. The average molecular weight is 268 g/mol. The molecule has 1 saturated heterocycles. The summed E-state index contributed by atoms with van der Waals surface area (Å²) < 4.78 is 6.47. The Morgan fingerprint density at radius 2 is 1.63 bits per heavy atom. The van der Waals surface area contributed by atoms with Crippen LogP contribution in [0.1, 0.15) is 52.4 Å². The Morgan fingerprint density at radius 1 is 1.00 bits per heavy atom. The lowest BCUT2D eigenvalue weighted by Gasteiger charge is -2.40. The van der Waals surface area contributed by atoms with Gasteiger partial charge in [-0.25, -0.2) is 0 Å². The smallest absolute Gasteiger partial charge is 0.0733 e. The Kier molecular flexibility index (Phi) is 5.67. The molecular weight excluding hydrogens is 236 g/mol. The van der Waals surface area contributed by atoms with Crippen LogP contribution in [0.2, 0.25) is 0 Å². The second-order valence-electron chi connectivity index (χ2n) is 6.82. The van der Waals surface area contributed by atoms with Gasteiger partial charge >= 0.3 is 0 Å². The standard InChI is InChI=1S/C16H32N2O/c1-13(2)18-11-9-14(10-12-18)19-16-8-6-5-7-15(16)17(3)4/h13-16H,5-12H2,1-4H3/t15-,16-/m0/s1. The third kappa shape index (κ3) is 4.17. The van der Waals surface area contributed by atoms with Crippen molar-refractivity contribution in [2.45, 2.75) is 76.7 Å². The van der Waals surface area contributed by atoms with Gasteiger partial charge in [0.05, 0.1) is 12.2 Å². The fourth-order valence-electron chi connectivity index (χ4n) is 3.60. The number of piperidine rings is 1. The average Bonchev–Trinajstić information content (AvgIpc) is 2.39. The molecule has 0 radical (unpaired) electrons. The van der Waals surface area contributed by atoms with E-state index in [4.69, 9.17) is 4.74 Å². The second-order valence-corrected chi connectivity index (χ2v) is 6.82. The maximum atomic E-state index is 6.47. The van der Waals surface area contributed by atoms with Crippen molar-refractivity contribution in [3.8, 4) is 0 Å². The molecule has 2 atom stereocenters. The lowest BCUT2D eigenvalue weighted by atomic mass is 9.91. The number of likely N-dealkylation sites (tertiary alicyclic amines) is 1. The first-order valence-electron chi connectivity index (χ1n) is 8.14. The zero-order valence-electron chi connectivity index (χ0n) is 13.3. The van der Waals surface area contributed by atoms with Gasteiger partial charge in [0, 0.05) is 25.2 Å². The zero-order chi connectivity index (χ0) is 13.8. The van der Waals surface area contributed by atoms with E-state index in [1.165, 1.54) is 51.6 Å². The molecule has 0 aromatic carbocycles. The second kappa shape index (κ2) is 7.05. The lowest BCUT2D eigenvalue weighted by Crippen LogP contribution is -2.47. The molecule has 0 unspecified atom stereocenters. The SMILES string of the molecule is CC(C)N1CCC(O[C@H]2CCCC[C@@H]2N(C)C)CC1. The number of likely N-dealkylation sites (N-methyl/N-ethyl adjacent to an activating group) is 1. The minimum absolute atomic E-state index is 0.472. The highest BCUT2D eigenvalue weighted by Crippen LogP contribution is 2.27. The van der Waals surface area contributed by atoms with Crippen LogP contribution in [0.4, 0.5) is 0 Å². The molecule has 1 aliphatic carbocycles. The van der Waals surface area contributed by atoms with Crippen LogP contribution in [0.25, 0.3) is 0 Å². The van der Waals surface area contributed by atoms with Crippen molar-refractivity contribution in [1.82, 2.24) is 9.80 Å². The van der Waals surface area contributed by atoms with Gasteiger partial charge in [-0.05, 0) is 53.6 Å². The summed E-state index contributed by atoms with van der Waals surface area (Å²) in [7, 11) is 4.40. The van der Waals surface area contributed by atoms with Crippen molar-refractivity contribution in [2.75, 3.05) is 27.2 Å². The van der Waals surface area contributed by atoms with E-state index in [-0.39, 0.29) is 0 Å². The lowest BCUT2D eigenvalue weighted by molar-refractivity contribution is -0.0873. The van der Waals surface area contributed by atoms with Crippen molar-refractivity contribution in [2.24, 2.45) is 0 Å². The van der Waals surface area contributed by atoms with Crippen molar-refractivity contribution >= 4 is 0 Å². The van der Waals surface area contributed by atoms with Gasteiger partial charge in [-0.2, -0.15) is 0 Å². The van der Waals surface area contributed by atoms with Crippen molar-refractivity contribution in [1.29, 1.82) is 0 Å². The first kappa shape index (κ1) is 15.3. The molecule has 1 saturated carbocycles. The summed E-state index contributed by atoms with van der Waals surface area (Å²) in [6, 6.07) is 1.32. The molecule has 19 heavy (non-hydrogen) atoms. The minimum atomic E-state index is 0.472. The molecule has 2 fully saturated rings. The summed E-state index contributed by atoms with van der Waals surface area (Å²) in [6.45, 7) is 7.01. The molecule has 0 spiro atoms. The van der Waals surface area contributed by atoms with Gasteiger partial charge in [0.2, 0.25) is 0 Å². The quantitative estimate of drug-likeness (QED) is 0.780. The van der Waals surface area contributed by atoms with E-state index >= 15 is 0 Å². The molecule has 2 aliphatic rings. The molecule has 0 aromatic heterocycles. The van der Waals surface area contributed by atoms with Crippen LogP contribution in [0.3, 0.4) is 0 Å². The van der Waals surface area contributed by atoms with Gasteiger partial charge in [-0.15, -0.1) is 0 Å². The van der Waals surface area contributed by atoms with Crippen molar-refractivity contribution in [3.63, 3.8) is 0 Å². The first-order valence-corrected chi connectivity index (χ1v) is 8.14. The molecule has 0 amide bonds. The van der Waals surface area contributed by atoms with Crippen LogP contribution in [0, 0.1) is 0 Å². The molecule has 1 aliphatic heterocycles. The molecule has 0 bridgehead atoms. The highest BCUT2D eigenvalue weighted by Gasteiger charge is 2.31. The van der Waals surface area contributed by atoms with Gasteiger partial charge in [0.1, 0.15) is 0 Å². The van der Waals surface area contributed by atoms with E-state index in [2.05, 4.69) is 37.7 Å². The number of hydrogen-bond acceptors (Lipinski definition) is 3. The Hall–Kier alpha value is -0.120. The van der Waals surface area contributed by atoms with E-state index in [1.807, 2.05) is 0 Å². The highest BCUT2D eigenvalue weighted by atomic mass is 16.5. The van der Waals surface area contributed by atoms with E-state index < -0.39 is 0 Å². The molecule has 2 rings (SSSR count). The highest BCUT2D eigenvalue weighted by molar-refractivity contribution is 4.84. The molecule has 1 heterocycles. The van der Waals surface area contributed by atoms with Gasteiger partial charge in [-0.3, -0.25) is 0 Å². The van der Waals surface area contributed by atoms with Gasteiger partial charge in [0.25, 0.3) is 0 Å². The number of nitrogens with zero attached hydrogens (tertiary/aromatic N) is 2. The number of hydrogen-bond donors (Lipinski definition) is 0. The zero-order valence-corrected chi connectivity index (χ0v) is 13.3. The van der Waals surface area contributed by atoms with E-state index in [0.29, 0.717) is 24.3 Å². The summed E-state index contributed by atoms with van der Waals surface area (Å²) in [5.74, 6) is 0. The van der Waals surface area contributed by atoms with Gasteiger partial charge < -0.3 is 14.5 Å². The van der Waals surface area contributed by atoms with Crippen LogP contribution in [0.5, 0.6) is 0 Å². The summed E-state index contributed by atoms with van der Waals surface area (Å²) >= 11 is 0. The molecular formula is C16H32N2O. The van der Waals surface area contributed by atoms with E-state index in [1.54, 1.807) is 0 Å². The normalized spacial score (nSPS) is 31.3. The summed E-state index contributed by atoms with van der Waals surface area (Å²) in [6.07, 6.45) is 8.69. The Balaban J connectivity index is 1.80. The van der Waals surface area contributed by atoms with E-state index in [0.717, 1.165) is 0 Å².